The molecule has 1 N–H and O–H groups in total. The first kappa shape index (κ1) is 12.4. The topological polar surface area (TPSA) is 28.7 Å². The molecule has 0 aliphatic heterocycles. The van der Waals surface area contributed by atoms with Crippen LogP contribution in [0.4, 0.5) is 4.39 Å². The Bertz CT molecular complexity index is 732. The number of nitrogens with zero attached hydrogens (tertiary/aromatic N) is 1. The predicted molar refractivity (Wildman–Crippen MR) is 77.7 cm³/mol. The van der Waals surface area contributed by atoms with Crippen molar-refractivity contribution < 1.29 is 4.39 Å². The highest BCUT2D eigenvalue weighted by atomic mass is 79.9. The van der Waals surface area contributed by atoms with E-state index in [0.717, 1.165) is 32.5 Å². The zero-order chi connectivity index (χ0) is 13.4. The van der Waals surface area contributed by atoms with Crippen molar-refractivity contribution in [1.82, 2.24) is 9.97 Å². The quantitative estimate of drug-likeness (QED) is 0.747. The number of hydrogen-bond acceptors (Lipinski definition) is 1. The Labute approximate surface area is 118 Å². The van der Waals surface area contributed by atoms with Gasteiger partial charge in [-0.3, -0.25) is 0 Å². The van der Waals surface area contributed by atoms with Crippen molar-refractivity contribution in [3.8, 4) is 0 Å². The lowest BCUT2D eigenvalue weighted by molar-refractivity contribution is 0.627. The molecule has 0 spiro atoms. The van der Waals surface area contributed by atoms with E-state index < -0.39 is 0 Å². The molecule has 0 unspecified atom stereocenters. The maximum atomic E-state index is 12.9. The molecule has 96 valence electrons. The molecule has 0 amide bonds. The molecule has 2 nitrogen and oxygen atoms in total. The van der Waals surface area contributed by atoms with E-state index in [1.165, 1.54) is 12.1 Å². The third kappa shape index (κ3) is 2.54. The number of rotatable bonds is 2. The number of H-pyrrole nitrogens is 1. The van der Waals surface area contributed by atoms with Crippen LogP contribution in [0.3, 0.4) is 0 Å². The van der Waals surface area contributed by atoms with E-state index in [2.05, 4.69) is 25.9 Å². The van der Waals surface area contributed by atoms with Crippen molar-refractivity contribution in [2.45, 2.75) is 13.3 Å². The summed E-state index contributed by atoms with van der Waals surface area (Å²) >= 11 is 3.48. The summed E-state index contributed by atoms with van der Waals surface area (Å²) in [5, 5.41) is 0. The Balaban J connectivity index is 1.97. The summed E-state index contributed by atoms with van der Waals surface area (Å²) in [6.07, 6.45) is 0.673. The first-order chi connectivity index (χ1) is 9.11. The van der Waals surface area contributed by atoms with Gasteiger partial charge in [-0.2, -0.15) is 0 Å². The monoisotopic (exact) mass is 318 g/mol. The van der Waals surface area contributed by atoms with Crippen LogP contribution in [0.25, 0.3) is 11.0 Å². The van der Waals surface area contributed by atoms with Gasteiger partial charge >= 0.3 is 0 Å². The van der Waals surface area contributed by atoms with Crippen LogP contribution in [0.5, 0.6) is 0 Å². The first-order valence-electron chi connectivity index (χ1n) is 6.01. The maximum absolute atomic E-state index is 12.9. The third-order valence-corrected chi connectivity index (χ3v) is 3.53. The highest BCUT2D eigenvalue weighted by molar-refractivity contribution is 9.10. The van der Waals surface area contributed by atoms with Gasteiger partial charge in [0, 0.05) is 10.9 Å². The summed E-state index contributed by atoms with van der Waals surface area (Å²) < 4.78 is 13.9. The molecule has 0 atom stereocenters. The van der Waals surface area contributed by atoms with Gasteiger partial charge in [0.2, 0.25) is 0 Å². The summed E-state index contributed by atoms with van der Waals surface area (Å²) in [5.74, 6) is 0.677. The van der Waals surface area contributed by atoms with Crippen molar-refractivity contribution in [2.24, 2.45) is 0 Å². The van der Waals surface area contributed by atoms with Gasteiger partial charge in [-0.05, 0) is 42.3 Å². The minimum absolute atomic E-state index is 0.215. The van der Waals surface area contributed by atoms with Crippen molar-refractivity contribution in [1.29, 1.82) is 0 Å². The normalized spacial score (nSPS) is 11.1. The maximum Gasteiger partial charge on any atom is 0.123 e. The molecule has 0 bridgehead atoms. The lowest BCUT2D eigenvalue weighted by Gasteiger charge is -1.97. The lowest BCUT2D eigenvalue weighted by Crippen LogP contribution is -1.90. The molecule has 1 heterocycles. The molecule has 0 fully saturated rings. The lowest BCUT2D eigenvalue weighted by atomic mass is 10.1. The van der Waals surface area contributed by atoms with E-state index in [9.17, 15) is 4.39 Å². The van der Waals surface area contributed by atoms with E-state index in [4.69, 9.17) is 0 Å². The summed E-state index contributed by atoms with van der Waals surface area (Å²) in [7, 11) is 0. The molecule has 1 aromatic heterocycles. The van der Waals surface area contributed by atoms with E-state index in [1.807, 2.05) is 19.1 Å². The number of benzene rings is 2. The number of aromatic nitrogens is 2. The molecular formula is C15H12BrFN2. The van der Waals surface area contributed by atoms with Crippen LogP contribution < -0.4 is 0 Å². The largest absolute Gasteiger partial charge is 0.342 e. The summed E-state index contributed by atoms with van der Waals surface area (Å²) in [6.45, 7) is 2.04. The van der Waals surface area contributed by atoms with Gasteiger partial charge in [-0.1, -0.05) is 28.1 Å². The molecule has 0 aliphatic rings. The minimum atomic E-state index is -0.215. The Morgan fingerprint density at radius 2 is 1.95 bits per heavy atom. The molecule has 0 radical (unpaired) electrons. The smallest absolute Gasteiger partial charge is 0.123 e. The Morgan fingerprint density at radius 3 is 2.68 bits per heavy atom. The van der Waals surface area contributed by atoms with Crippen LogP contribution in [0.15, 0.2) is 40.9 Å². The van der Waals surface area contributed by atoms with Crippen LogP contribution in [-0.2, 0) is 6.42 Å². The van der Waals surface area contributed by atoms with E-state index >= 15 is 0 Å². The number of nitrogens with one attached hydrogen (secondary N) is 1. The SMILES string of the molecule is Cc1cc(Br)cc2[nH]c(Cc3ccc(F)cc3)nc12. The molecule has 19 heavy (non-hydrogen) atoms. The van der Waals surface area contributed by atoms with Gasteiger partial charge < -0.3 is 4.98 Å². The van der Waals surface area contributed by atoms with Gasteiger partial charge in [0.25, 0.3) is 0 Å². The summed E-state index contributed by atoms with van der Waals surface area (Å²) in [5.41, 5.74) is 4.17. The van der Waals surface area contributed by atoms with Gasteiger partial charge in [0.05, 0.1) is 11.0 Å². The first-order valence-corrected chi connectivity index (χ1v) is 6.80. The second-order valence-electron chi connectivity index (χ2n) is 4.61. The van der Waals surface area contributed by atoms with Gasteiger partial charge in [0.15, 0.2) is 0 Å². The average molecular weight is 319 g/mol. The number of imidazole rings is 1. The molecule has 0 saturated heterocycles. The highest BCUT2D eigenvalue weighted by Crippen LogP contribution is 2.22. The highest BCUT2D eigenvalue weighted by Gasteiger charge is 2.07. The Morgan fingerprint density at radius 1 is 1.21 bits per heavy atom. The van der Waals surface area contributed by atoms with E-state index in [1.54, 1.807) is 12.1 Å². The molecule has 2 aromatic carbocycles. The zero-order valence-electron chi connectivity index (χ0n) is 10.4. The van der Waals surface area contributed by atoms with Gasteiger partial charge in [-0.25, -0.2) is 9.37 Å². The minimum Gasteiger partial charge on any atom is -0.342 e. The van der Waals surface area contributed by atoms with Gasteiger partial charge in [0.1, 0.15) is 11.6 Å². The van der Waals surface area contributed by atoms with Crippen LogP contribution in [0.2, 0.25) is 0 Å². The van der Waals surface area contributed by atoms with Crippen molar-refractivity contribution in [2.75, 3.05) is 0 Å². The van der Waals surface area contributed by atoms with E-state index in [0.29, 0.717) is 6.42 Å². The number of fused-ring (bicyclic) bond motifs is 1. The van der Waals surface area contributed by atoms with Crippen LogP contribution in [0, 0.1) is 12.7 Å². The van der Waals surface area contributed by atoms with Crippen molar-refractivity contribution in [3.63, 3.8) is 0 Å². The number of aryl methyl sites for hydroxylation is 1. The summed E-state index contributed by atoms with van der Waals surface area (Å²) in [6, 6.07) is 10.6. The van der Waals surface area contributed by atoms with Crippen molar-refractivity contribution >= 4 is 27.0 Å². The fourth-order valence-electron chi connectivity index (χ4n) is 2.18. The standard InChI is InChI=1S/C15H12BrFN2/c1-9-6-11(16)8-13-15(9)19-14(18-13)7-10-2-4-12(17)5-3-10/h2-6,8H,7H2,1H3,(H,18,19). The molecule has 0 aliphatic carbocycles. The fraction of sp³-hybridized carbons (Fsp3) is 0.133. The second-order valence-corrected chi connectivity index (χ2v) is 5.52. The number of hydrogen-bond donors (Lipinski definition) is 1. The molecular weight excluding hydrogens is 307 g/mol. The third-order valence-electron chi connectivity index (χ3n) is 3.08. The fourth-order valence-corrected chi connectivity index (χ4v) is 2.75. The van der Waals surface area contributed by atoms with Crippen LogP contribution in [-0.4, -0.2) is 9.97 Å². The Kier molecular flexibility index (Phi) is 3.11. The van der Waals surface area contributed by atoms with Crippen LogP contribution >= 0.6 is 15.9 Å². The molecule has 0 saturated carbocycles. The Hall–Kier alpha value is -1.68. The molecule has 4 heteroatoms. The van der Waals surface area contributed by atoms with E-state index in [-0.39, 0.29) is 5.82 Å². The van der Waals surface area contributed by atoms with Gasteiger partial charge in [-0.15, -0.1) is 0 Å². The zero-order valence-corrected chi connectivity index (χ0v) is 12.0. The predicted octanol–water partition coefficient (Wildman–Crippen LogP) is 4.36. The second kappa shape index (κ2) is 4.78. The number of aromatic amines is 1. The number of halogens is 2. The van der Waals surface area contributed by atoms with Crippen molar-refractivity contribution in [3.05, 3.63) is 63.6 Å². The van der Waals surface area contributed by atoms with Crippen LogP contribution in [0.1, 0.15) is 17.0 Å². The summed E-state index contributed by atoms with van der Waals surface area (Å²) in [4.78, 5) is 7.91. The molecule has 3 aromatic rings. The molecule has 3 rings (SSSR count). The average Bonchev–Trinajstić information content (AvgIpc) is 2.75.